The fourth-order valence-corrected chi connectivity index (χ4v) is 1.20. The summed E-state index contributed by atoms with van der Waals surface area (Å²) in [5.74, 6) is 7.12. The predicted octanol–water partition coefficient (Wildman–Crippen LogP) is 3.41. The van der Waals surface area contributed by atoms with E-state index < -0.39 is 0 Å². The van der Waals surface area contributed by atoms with Crippen molar-refractivity contribution in [3.8, 4) is 11.8 Å². The van der Waals surface area contributed by atoms with Crippen LogP contribution in [0.15, 0.2) is 24.3 Å². The van der Waals surface area contributed by atoms with E-state index in [1.807, 2.05) is 24.3 Å². The average Bonchev–Trinajstić information content (AvgIpc) is 2.19. The highest BCUT2D eigenvalue weighted by molar-refractivity contribution is 6.18. The van der Waals surface area contributed by atoms with Gasteiger partial charge < -0.3 is 0 Å². The topological polar surface area (TPSA) is 0 Å². The minimum absolute atomic E-state index is 0.533. The largest absolute Gasteiger partial charge is 0.126 e. The van der Waals surface area contributed by atoms with Gasteiger partial charge in [-0.2, -0.15) is 0 Å². The number of rotatable bonds is 2. The van der Waals surface area contributed by atoms with Crippen LogP contribution in [0.4, 0.5) is 0 Å². The number of hydrogen-bond donors (Lipinski definition) is 0. The van der Waals surface area contributed by atoms with Crippen LogP contribution < -0.4 is 0 Å². The highest BCUT2D eigenvalue weighted by atomic mass is 35.5. The van der Waals surface area contributed by atoms with E-state index in [0.717, 1.165) is 17.5 Å². The third-order valence-corrected chi connectivity index (χ3v) is 2.03. The van der Waals surface area contributed by atoms with Gasteiger partial charge in [-0.3, -0.25) is 0 Å². The average molecular weight is 213 g/mol. The number of alkyl halides is 2. The Morgan fingerprint density at radius 2 is 2.08 bits per heavy atom. The Hall–Kier alpha value is -0.640. The summed E-state index contributed by atoms with van der Waals surface area (Å²) in [6.45, 7) is 0. The molecule has 68 valence electrons. The van der Waals surface area contributed by atoms with E-state index in [2.05, 4.69) is 11.8 Å². The van der Waals surface area contributed by atoms with Crippen LogP contribution >= 0.6 is 23.2 Å². The van der Waals surface area contributed by atoms with Gasteiger partial charge in [0.25, 0.3) is 0 Å². The maximum atomic E-state index is 5.69. The van der Waals surface area contributed by atoms with Crippen molar-refractivity contribution in [2.24, 2.45) is 0 Å². The van der Waals surface area contributed by atoms with Gasteiger partial charge in [0.05, 0.1) is 0 Å². The second kappa shape index (κ2) is 5.91. The van der Waals surface area contributed by atoms with Crippen LogP contribution in [-0.4, -0.2) is 5.88 Å². The Morgan fingerprint density at radius 3 is 2.77 bits per heavy atom. The molecule has 0 bridgehead atoms. The lowest BCUT2D eigenvalue weighted by molar-refractivity contribution is 1.29. The Labute approximate surface area is 88.9 Å². The fourth-order valence-electron chi connectivity index (χ4n) is 0.944. The molecule has 13 heavy (non-hydrogen) atoms. The summed E-state index contributed by atoms with van der Waals surface area (Å²) >= 11 is 11.2. The minimum Gasteiger partial charge on any atom is -0.126 e. The summed E-state index contributed by atoms with van der Waals surface area (Å²) in [6.07, 6.45) is 0.729. The van der Waals surface area contributed by atoms with Crippen LogP contribution in [0.2, 0.25) is 0 Å². The second-order valence-electron chi connectivity index (χ2n) is 2.57. The molecule has 0 aliphatic rings. The molecule has 0 radical (unpaired) electrons. The van der Waals surface area contributed by atoms with Gasteiger partial charge in [0.1, 0.15) is 0 Å². The lowest BCUT2D eigenvalue weighted by Crippen LogP contribution is -1.79. The smallest absolute Gasteiger partial charge is 0.0474 e. The molecule has 0 aromatic heterocycles. The molecule has 0 saturated heterocycles. The van der Waals surface area contributed by atoms with Gasteiger partial charge in [-0.25, -0.2) is 0 Å². The second-order valence-corrected chi connectivity index (χ2v) is 3.22. The molecule has 0 atom stereocenters. The summed E-state index contributed by atoms with van der Waals surface area (Å²) < 4.78 is 0. The quantitative estimate of drug-likeness (QED) is 0.521. The van der Waals surface area contributed by atoms with E-state index in [1.54, 1.807) is 0 Å². The third kappa shape index (κ3) is 3.72. The van der Waals surface area contributed by atoms with Gasteiger partial charge in [-0.1, -0.05) is 24.0 Å². The predicted molar refractivity (Wildman–Crippen MR) is 58.2 cm³/mol. The Morgan fingerprint density at radius 1 is 1.23 bits per heavy atom. The molecule has 1 aromatic carbocycles. The normalized spacial score (nSPS) is 9.08. The first-order valence-electron chi connectivity index (χ1n) is 4.06. The Bertz CT molecular complexity index is 320. The van der Waals surface area contributed by atoms with Gasteiger partial charge in [0.15, 0.2) is 0 Å². The first-order chi connectivity index (χ1) is 6.36. The van der Waals surface area contributed by atoms with E-state index in [1.165, 1.54) is 0 Å². The molecule has 1 aromatic rings. The van der Waals surface area contributed by atoms with Gasteiger partial charge >= 0.3 is 0 Å². The van der Waals surface area contributed by atoms with Crippen LogP contribution in [0.1, 0.15) is 17.5 Å². The first-order valence-corrected chi connectivity index (χ1v) is 5.13. The molecule has 0 nitrogen and oxygen atoms in total. The molecule has 0 spiro atoms. The SMILES string of the molecule is ClCCC#Cc1cccc(CCl)c1. The summed E-state index contributed by atoms with van der Waals surface area (Å²) in [5.41, 5.74) is 2.10. The van der Waals surface area contributed by atoms with Crippen molar-refractivity contribution in [3.63, 3.8) is 0 Å². The summed E-state index contributed by atoms with van der Waals surface area (Å²) in [5, 5.41) is 0. The van der Waals surface area contributed by atoms with Gasteiger partial charge in [0, 0.05) is 23.7 Å². The van der Waals surface area contributed by atoms with Crippen LogP contribution in [0, 0.1) is 11.8 Å². The molecule has 0 saturated carbocycles. The molecule has 0 aliphatic heterocycles. The molecule has 2 heteroatoms. The van der Waals surface area contributed by atoms with Crippen LogP contribution in [0.25, 0.3) is 0 Å². The van der Waals surface area contributed by atoms with Crippen LogP contribution in [0.3, 0.4) is 0 Å². The van der Waals surface area contributed by atoms with Crippen molar-refractivity contribution >= 4 is 23.2 Å². The Balaban J connectivity index is 2.73. The number of halogens is 2. The summed E-state index contributed by atoms with van der Waals surface area (Å²) in [7, 11) is 0. The standard InChI is InChI=1S/C11H10Cl2/c12-7-2-1-4-10-5-3-6-11(8-10)9-13/h3,5-6,8H,2,7,9H2. The fraction of sp³-hybridized carbons (Fsp3) is 0.273. The molecular weight excluding hydrogens is 203 g/mol. The highest BCUT2D eigenvalue weighted by Gasteiger charge is 1.90. The van der Waals surface area contributed by atoms with Crippen molar-refractivity contribution < 1.29 is 0 Å². The van der Waals surface area contributed by atoms with Crippen molar-refractivity contribution in [1.82, 2.24) is 0 Å². The Kier molecular flexibility index (Phi) is 4.75. The number of benzene rings is 1. The molecular formula is C11H10Cl2. The van der Waals surface area contributed by atoms with Gasteiger partial charge in [-0.05, 0) is 17.7 Å². The van der Waals surface area contributed by atoms with E-state index in [0.29, 0.717) is 11.8 Å². The third-order valence-electron chi connectivity index (χ3n) is 1.53. The van der Waals surface area contributed by atoms with Gasteiger partial charge in [0.2, 0.25) is 0 Å². The summed E-state index contributed by atoms with van der Waals surface area (Å²) in [4.78, 5) is 0. The lowest BCUT2D eigenvalue weighted by atomic mass is 10.1. The van der Waals surface area contributed by atoms with E-state index in [4.69, 9.17) is 23.2 Å². The zero-order chi connectivity index (χ0) is 9.52. The zero-order valence-corrected chi connectivity index (χ0v) is 8.70. The maximum absolute atomic E-state index is 5.69. The molecule has 1 rings (SSSR count). The van der Waals surface area contributed by atoms with Crippen LogP contribution in [0.5, 0.6) is 0 Å². The van der Waals surface area contributed by atoms with Gasteiger partial charge in [-0.15, -0.1) is 23.2 Å². The van der Waals surface area contributed by atoms with Crippen molar-refractivity contribution in [1.29, 1.82) is 0 Å². The molecule has 0 heterocycles. The molecule has 0 N–H and O–H groups in total. The van der Waals surface area contributed by atoms with Crippen molar-refractivity contribution in [3.05, 3.63) is 35.4 Å². The van der Waals surface area contributed by atoms with E-state index >= 15 is 0 Å². The zero-order valence-electron chi connectivity index (χ0n) is 7.19. The summed E-state index contributed by atoms with van der Waals surface area (Å²) in [6, 6.07) is 7.91. The lowest BCUT2D eigenvalue weighted by Gasteiger charge is -1.94. The highest BCUT2D eigenvalue weighted by Crippen LogP contribution is 2.06. The first kappa shape index (κ1) is 10.4. The van der Waals surface area contributed by atoms with Crippen LogP contribution in [-0.2, 0) is 5.88 Å². The van der Waals surface area contributed by atoms with E-state index in [9.17, 15) is 0 Å². The van der Waals surface area contributed by atoms with E-state index in [-0.39, 0.29) is 0 Å². The number of hydrogen-bond acceptors (Lipinski definition) is 0. The maximum Gasteiger partial charge on any atom is 0.0474 e. The molecule has 0 unspecified atom stereocenters. The molecule has 0 amide bonds. The minimum atomic E-state index is 0.533. The monoisotopic (exact) mass is 212 g/mol. The van der Waals surface area contributed by atoms with Crippen molar-refractivity contribution in [2.45, 2.75) is 12.3 Å². The van der Waals surface area contributed by atoms with Crippen molar-refractivity contribution in [2.75, 3.05) is 5.88 Å². The molecule has 0 fully saturated rings. The molecule has 0 aliphatic carbocycles.